The second-order valence-corrected chi connectivity index (χ2v) is 14.7. The van der Waals surface area contributed by atoms with Gasteiger partial charge >= 0.3 is 0 Å². The third-order valence-corrected chi connectivity index (χ3v) is 10.5. The summed E-state index contributed by atoms with van der Waals surface area (Å²) in [6, 6.07) is 2.52. The van der Waals surface area contributed by atoms with Gasteiger partial charge in [-0.15, -0.1) is 11.3 Å². The first-order valence-corrected chi connectivity index (χ1v) is 19.6. The third-order valence-electron chi connectivity index (χ3n) is 9.18. The van der Waals surface area contributed by atoms with E-state index in [1.54, 1.807) is 15.3 Å². The topological polar surface area (TPSA) is 0 Å². The quantitative estimate of drug-likeness (QED) is 0.0773. The molecule has 40 heavy (non-hydrogen) atoms. The summed E-state index contributed by atoms with van der Waals surface area (Å²) >= 11 is 2.13. The van der Waals surface area contributed by atoms with Crippen LogP contribution in [0.15, 0.2) is 6.07 Å². The first kappa shape index (κ1) is 37.7. The van der Waals surface area contributed by atoms with Gasteiger partial charge in [-0.1, -0.05) is 194 Å². The van der Waals surface area contributed by atoms with Crippen molar-refractivity contribution in [1.29, 1.82) is 0 Å². The molecule has 1 heterocycles. The number of hydrogen-bond donors (Lipinski definition) is 0. The molecule has 1 unspecified atom stereocenters. The molecule has 0 aliphatic heterocycles. The second-order valence-electron chi connectivity index (χ2n) is 13.5. The van der Waals surface area contributed by atoms with Gasteiger partial charge in [-0.05, 0) is 43.7 Å². The maximum Gasteiger partial charge on any atom is 0.00773 e. The van der Waals surface area contributed by atoms with Gasteiger partial charge in [-0.3, -0.25) is 0 Å². The van der Waals surface area contributed by atoms with E-state index in [9.17, 15) is 0 Å². The Hall–Kier alpha value is -0.300. The molecular formula is C39H74S. The highest BCUT2D eigenvalue weighted by atomic mass is 32.1. The Morgan fingerprint density at radius 3 is 1.25 bits per heavy atom. The van der Waals surface area contributed by atoms with Crippen LogP contribution < -0.4 is 0 Å². The molecular weight excluding hydrogens is 500 g/mol. The van der Waals surface area contributed by atoms with Crippen LogP contribution in [-0.4, -0.2) is 0 Å². The summed E-state index contributed by atoms with van der Waals surface area (Å²) in [5.41, 5.74) is 1.57. The fraction of sp³-hybridized carbons (Fsp3) is 0.897. The Bertz CT molecular complexity index is 629. The molecule has 0 radical (unpaired) electrons. The van der Waals surface area contributed by atoms with Crippen molar-refractivity contribution in [3.63, 3.8) is 0 Å². The van der Waals surface area contributed by atoms with Crippen LogP contribution in [0.25, 0.3) is 0 Å². The van der Waals surface area contributed by atoms with Gasteiger partial charge in [0.2, 0.25) is 0 Å². The van der Waals surface area contributed by atoms with Crippen LogP contribution in [0.2, 0.25) is 0 Å². The van der Waals surface area contributed by atoms with Gasteiger partial charge in [-0.2, -0.15) is 0 Å². The monoisotopic (exact) mass is 575 g/mol. The van der Waals surface area contributed by atoms with Crippen LogP contribution in [0.5, 0.6) is 0 Å². The highest BCUT2D eigenvalue weighted by Crippen LogP contribution is 2.28. The molecule has 0 bridgehead atoms. The molecule has 0 aromatic carbocycles. The summed E-state index contributed by atoms with van der Waals surface area (Å²) in [5.74, 6) is 0.847. The molecule has 0 amide bonds. The zero-order valence-corrected chi connectivity index (χ0v) is 29.1. The summed E-state index contributed by atoms with van der Waals surface area (Å²) in [6.45, 7) is 9.46. The Morgan fingerprint density at radius 2 is 0.850 bits per heavy atom. The molecule has 1 rings (SSSR count). The van der Waals surface area contributed by atoms with Gasteiger partial charge in [0.1, 0.15) is 0 Å². The van der Waals surface area contributed by atoms with Crippen molar-refractivity contribution >= 4 is 11.3 Å². The molecule has 0 aliphatic rings. The van der Waals surface area contributed by atoms with Gasteiger partial charge in [0.05, 0.1) is 0 Å². The zero-order chi connectivity index (χ0) is 28.9. The standard InChI is InChI=1S/C39H74S/c1-5-7-9-11-13-15-17-18-19-20-21-22-23-25-27-29-31-33-39-37(4)35-38(40-39)34-36(3)32-30-28-26-24-16-14-12-10-8-6-2/h35-36H,5-34H2,1-4H3. The largest absolute Gasteiger partial charge is 0.145 e. The number of aryl methyl sites for hydroxylation is 2. The lowest BCUT2D eigenvalue weighted by Crippen LogP contribution is -1.98. The van der Waals surface area contributed by atoms with E-state index >= 15 is 0 Å². The number of thiophene rings is 1. The van der Waals surface area contributed by atoms with E-state index in [1.807, 2.05) is 0 Å². The molecule has 236 valence electrons. The molecule has 0 saturated carbocycles. The van der Waals surface area contributed by atoms with Crippen LogP contribution in [0.4, 0.5) is 0 Å². The molecule has 0 spiro atoms. The van der Waals surface area contributed by atoms with Gasteiger partial charge in [0, 0.05) is 9.75 Å². The lowest BCUT2D eigenvalue weighted by molar-refractivity contribution is 0.479. The van der Waals surface area contributed by atoms with Crippen molar-refractivity contribution in [2.45, 2.75) is 220 Å². The van der Waals surface area contributed by atoms with Crippen LogP contribution >= 0.6 is 11.3 Å². The van der Waals surface area contributed by atoms with E-state index in [-0.39, 0.29) is 0 Å². The molecule has 1 heteroatoms. The normalized spacial score (nSPS) is 12.4. The highest BCUT2D eigenvalue weighted by Gasteiger charge is 2.10. The second kappa shape index (κ2) is 28.8. The van der Waals surface area contributed by atoms with E-state index in [0.29, 0.717) is 0 Å². The lowest BCUT2D eigenvalue weighted by Gasteiger charge is -2.10. The average Bonchev–Trinajstić information content (AvgIpc) is 3.29. The first-order chi connectivity index (χ1) is 19.7. The molecule has 1 aromatic heterocycles. The van der Waals surface area contributed by atoms with E-state index in [1.165, 1.54) is 193 Å². The summed E-state index contributed by atoms with van der Waals surface area (Å²) < 4.78 is 0. The number of rotatable bonds is 31. The van der Waals surface area contributed by atoms with Gasteiger partial charge in [0.25, 0.3) is 0 Å². The van der Waals surface area contributed by atoms with E-state index in [2.05, 4.69) is 45.1 Å². The van der Waals surface area contributed by atoms with Crippen LogP contribution in [-0.2, 0) is 12.8 Å². The van der Waals surface area contributed by atoms with Crippen molar-refractivity contribution in [2.24, 2.45) is 5.92 Å². The smallest absolute Gasteiger partial charge is 0.00773 e. The summed E-state index contributed by atoms with van der Waals surface area (Å²) in [7, 11) is 0. The zero-order valence-electron chi connectivity index (χ0n) is 28.3. The molecule has 0 nitrogen and oxygen atoms in total. The minimum Gasteiger partial charge on any atom is -0.145 e. The van der Waals surface area contributed by atoms with Crippen molar-refractivity contribution < 1.29 is 0 Å². The van der Waals surface area contributed by atoms with Crippen LogP contribution in [0, 0.1) is 12.8 Å². The van der Waals surface area contributed by atoms with E-state index in [0.717, 1.165) is 5.92 Å². The SMILES string of the molecule is CCCCCCCCCCCCCCCCCCCc1sc(CC(C)CCCCCCCCCCCC)cc1C. The lowest BCUT2D eigenvalue weighted by atomic mass is 9.98. The Morgan fingerprint density at radius 1 is 0.500 bits per heavy atom. The van der Waals surface area contributed by atoms with Crippen molar-refractivity contribution in [1.82, 2.24) is 0 Å². The van der Waals surface area contributed by atoms with Crippen molar-refractivity contribution in [3.05, 3.63) is 21.4 Å². The van der Waals surface area contributed by atoms with Gasteiger partial charge in [-0.25, -0.2) is 0 Å². The number of hydrogen-bond acceptors (Lipinski definition) is 1. The first-order valence-electron chi connectivity index (χ1n) is 18.8. The van der Waals surface area contributed by atoms with Crippen molar-refractivity contribution in [2.75, 3.05) is 0 Å². The highest BCUT2D eigenvalue weighted by molar-refractivity contribution is 7.12. The molecule has 0 N–H and O–H groups in total. The third kappa shape index (κ3) is 23.3. The molecule has 1 aromatic rings. The maximum atomic E-state index is 2.52. The molecule has 1 atom stereocenters. The predicted molar refractivity (Wildman–Crippen MR) is 186 cm³/mol. The number of unbranched alkanes of at least 4 members (excludes halogenated alkanes) is 25. The maximum absolute atomic E-state index is 2.52. The Balaban J connectivity index is 1.93. The summed E-state index contributed by atoms with van der Waals surface area (Å²) in [4.78, 5) is 3.33. The fourth-order valence-electron chi connectivity index (χ4n) is 6.38. The minimum absolute atomic E-state index is 0.847. The van der Waals surface area contributed by atoms with Gasteiger partial charge < -0.3 is 0 Å². The molecule has 0 saturated heterocycles. The molecule has 0 aliphatic carbocycles. The van der Waals surface area contributed by atoms with E-state index in [4.69, 9.17) is 0 Å². The van der Waals surface area contributed by atoms with Crippen LogP contribution in [0.3, 0.4) is 0 Å². The average molecular weight is 575 g/mol. The predicted octanol–water partition coefficient (Wildman–Crippen LogP) is 14.7. The van der Waals surface area contributed by atoms with Gasteiger partial charge in [0.15, 0.2) is 0 Å². The Kier molecular flexibility index (Phi) is 27.2. The van der Waals surface area contributed by atoms with Crippen LogP contribution in [0.1, 0.15) is 216 Å². The summed E-state index contributed by atoms with van der Waals surface area (Å²) in [6.07, 6.45) is 43.3. The van der Waals surface area contributed by atoms with Crippen molar-refractivity contribution in [3.8, 4) is 0 Å². The Labute approximate surface area is 258 Å². The van der Waals surface area contributed by atoms with E-state index < -0.39 is 0 Å². The molecule has 0 fully saturated rings. The fourth-order valence-corrected chi connectivity index (χ4v) is 7.76. The minimum atomic E-state index is 0.847. The summed E-state index contributed by atoms with van der Waals surface area (Å²) in [5, 5.41) is 0.